The van der Waals surface area contributed by atoms with Gasteiger partial charge in [0.05, 0.1) is 23.7 Å². The van der Waals surface area contributed by atoms with Crippen LogP contribution in [0.2, 0.25) is 0 Å². The minimum Gasteiger partial charge on any atom is -0.338 e. The highest BCUT2D eigenvalue weighted by molar-refractivity contribution is 7.91. The summed E-state index contributed by atoms with van der Waals surface area (Å²) in [4.78, 5) is 18.3. The molecule has 0 aliphatic carbocycles. The Kier molecular flexibility index (Phi) is 5.55. The Hall–Kier alpha value is -2.42. The quantitative estimate of drug-likeness (QED) is 0.839. The van der Waals surface area contributed by atoms with Crippen LogP contribution in [0, 0.1) is 0 Å². The summed E-state index contributed by atoms with van der Waals surface area (Å²) < 4.78 is 25.9. The summed E-state index contributed by atoms with van der Waals surface area (Å²) in [5, 5.41) is 7.10. The lowest BCUT2D eigenvalue weighted by Crippen LogP contribution is -2.50. The van der Waals surface area contributed by atoms with Crippen molar-refractivity contribution in [1.82, 2.24) is 25.0 Å². The molecule has 3 rings (SSSR count). The van der Waals surface area contributed by atoms with Gasteiger partial charge in [-0.05, 0) is 25.0 Å². The number of hydrogen-bond donors (Lipinski definition) is 1. The molecule has 2 aromatic heterocycles. The van der Waals surface area contributed by atoms with Gasteiger partial charge in [-0.3, -0.25) is 9.67 Å². The van der Waals surface area contributed by atoms with Gasteiger partial charge in [0, 0.05) is 43.8 Å². The number of carbonyl (C=O) groups excluding carboxylic acids is 1. The Labute approximate surface area is 153 Å². The Bertz CT molecular complexity index is 850. The molecule has 1 atom stereocenters. The summed E-state index contributed by atoms with van der Waals surface area (Å²) in [6, 6.07) is 3.05. The number of amides is 2. The number of hydrogen-bond acceptors (Lipinski definition) is 5. The molecule has 26 heavy (non-hydrogen) atoms. The van der Waals surface area contributed by atoms with Crippen molar-refractivity contribution in [3.8, 4) is 0 Å². The number of aryl methyl sites for hydroxylation is 1. The summed E-state index contributed by atoms with van der Waals surface area (Å²) in [6.45, 7) is 3.30. The number of nitrogens with one attached hydrogen (secondary N) is 1. The van der Waals surface area contributed by atoms with Crippen LogP contribution in [0.3, 0.4) is 0 Å². The molecule has 0 saturated carbocycles. The fourth-order valence-corrected chi connectivity index (χ4v) is 4.51. The van der Waals surface area contributed by atoms with E-state index < -0.39 is 15.9 Å². The molecule has 0 spiro atoms. The summed E-state index contributed by atoms with van der Waals surface area (Å²) in [6.07, 6.45) is 7.59. The largest absolute Gasteiger partial charge is 0.338 e. The van der Waals surface area contributed by atoms with Crippen molar-refractivity contribution in [2.45, 2.75) is 25.9 Å². The molecule has 1 aliphatic heterocycles. The minimum atomic E-state index is -3.17. The molecule has 9 heteroatoms. The van der Waals surface area contributed by atoms with E-state index in [1.165, 1.54) is 0 Å². The Balaban J connectivity index is 1.67. The molecule has 0 unspecified atom stereocenters. The average molecular weight is 377 g/mol. The van der Waals surface area contributed by atoms with Crippen LogP contribution in [0.4, 0.5) is 4.79 Å². The van der Waals surface area contributed by atoms with Gasteiger partial charge >= 0.3 is 6.03 Å². The number of sulfone groups is 1. The first-order chi connectivity index (χ1) is 12.5. The lowest BCUT2D eigenvalue weighted by molar-refractivity contribution is 0.181. The van der Waals surface area contributed by atoms with E-state index in [1.807, 2.05) is 19.1 Å². The van der Waals surface area contributed by atoms with Crippen molar-refractivity contribution in [2.24, 2.45) is 0 Å². The molecular formula is C17H23N5O3S. The van der Waals surface area contributed by atoms with Crippen LogP contribution in [0.1, 0.15) is 24.1 Å². The van der Waals surface area contributed by atoms with E-state index in [2.05, 4.69) is 15.4 Å². The first-order valence-corrected chi connectivity index (χ1v) is 10.5. The van der Waals surface area contributed by atoms with Crippen molar-refractivity contribution >= 4 is 15.9 Å². The molecule has 0 radical (unpaired) electrons. The SMILES string of the molecule is CCn1cc([C@@H]2CS(=O)(=O)CCN2C(=O)NCCc2cccnc2)cn1. The van der Waals surface area contributed by atoms with Gasteiger partial charge in [-0.15, -0.1) is 0 Å². The van der Waals surface area contributed by atoms with E-state index in [9.17, 15) is 13.2 Å². The number of pyridine rings is 1. The molecular weight excluding hydrogens is 354 g/mol. The summed E-state index contributed by atoms with van der Waals surface area (Å²) in [5.74, 6) is -0.0835. The lowest BCUT2D eigenvalue weighted by atomic mass is 10.1. The predicted molar refractivity (Wildman–Crippen MR) is 97.3 cm³/mol. The van der Waals surface area contributed by atoms with Crippen LogP contribution in [0.5, 0.6) is 0 Å². The predicted octanol–water partition coefficient (Wildman–Crippen LogP) is 1.02. The Morgan fingerprint density at radius 2 is 2.23 bits per heavy atom. The van der Waals surface area contributed by atoms with Crippen molar-refractivity contribution in [3.05, 3.63) is 48.0 Å². The summed E-state index contributed by atoms with van der Waals surface area (Å²) >= 11 is 0. The smallest absolute Gasteiger partial charge is 0.317 e. The molecule has 0 aromatic carbocycles. The molecule has 1 aliphatic rings. The lowest BCUT2D eigenvalue weighted by Gasteiger charge is -2.35. The molecule has 2 amide bonds. The highest BCUT2D eigenvalue weighted by Crippen LogP contribution is 2.26. The van der Waals surface area contributed by atoms with Gasteiger partial charge in [0.25, 0.3) is 0 Å². The second-order valence-corrected chi connectivity index (χ2v) is 8.52. The van der Waals surface area contributed by atoms with E-state index in [0.717, 1.165) is 11.1 Å². The number of urea groups is 1. The molecule has 1 fully saturated rings. The first kappa shape index (κ1) is 18.4. The molecule has 140 valence electrons. The van der Waals surface area contributed by atoms with Crippen LogP contribution in [-0.2, 0) is 22.8 Å². The normalized spacial score (nSPS) is 19.3. The number of carbonyl (C=O) groups is 1. The van der Waals surface area contributed by atoms with Crippen molar-refractivity contribution in [3.63, 3.8) is 0 Å². The third-order valence-corrected chi connectivity index (χ3v) is 6.09. The Morgan fingerprint density at radius 1 is 1.38 bits per heavy atom. The Morgan fingerprint density at radius 3 is 2.92 bits per heavy atom. The maximum Gasteiger partial charge on any atom is 0.317 e. The van der Waals surface area contributed by atoms with Crippen LogP contribution in [0.25, 0.3) is 0 Å². The molecule has 3 heterocycles. The third kappa shape index (κ3) is 4.40. The zero-order valence-corrected chi connectivity index (χ0v) is 15.5. The second kappa shape index (κ2) is 7.86. The van der Waals surface area contributed by atoms with Crippen LogP contribution in [0.15, 0.2) is 36.9 Å². The third-order valence-electron chi connectivity index (χ3n) is 4.47. The van der Waals surface area contributed by atoms with Gasteiger partial charge in [-0.1, -0.05) is 6.07 Å². The van der Waals surface area contributed by atoms with E-state index in [1.54, 1.807) is 34.4 Å². The first-order valence-electron chi connectivity index (χ1n) is 8.64. The van der Waals surface area contributed by atoms with E-state index in [4.69, 9.17) is 0 Å². The number of rotatable bonds is 5. The van der Waals surface area contributed by atoms with E-state index in [0.29, 0.717) is 19.5 Å². The monoisotopic (exact) mass is 377 g/mol. The fourth-order valence-electron chi connectivity index (χ4n) is 3.01. The summed E-state index contributed by atoms with van der Waals surface area (Å²) in [7, 11) is -3.17. The highest BCUT2D eigenvalue weighted by Gasteiger charge is 2.35. The zero-order chi connectivity index (χ0) is 18.6. The molecule has 0 bridgehead atoms. The standard InChI is InChI=1S/C17H23N5O3S/c1-2-21-12-15(11-20-21)16-13-26(24,25)9-8-22(16)17(23)19-7-5-14-4-3-6-18-10-14/h3-4,6,10-12,16H,2,5,7-9,13H2,1H3,(H,19,23)/t16-/m0/s1. The zero-order valence-electron chi connectivity index (χ0n) is 14.7. The molecule has 2 aromatic rings. The molecule has 8 nitrogen and oxygen atoms in total. The second-order valence-electron chi connectivity index (χ2n) is 6.30. The highest BCUT2D eigenvalue weighted by atomic mass is 32.2. The van der Waals surface area contributed by atoms with Crippen molar-refractivity contribution in [1.29, 1.82) is 0 Å². The van der Waals surface area contributed by atoms with E-state index >= 15 is 0 Å². The summed E-state index contributed by atoms with van der Waals surface area (Å²) in [5.41, 5.74) is 1.78. The van der Waals surface area contributed by atoms with Crippen molar-refractivity contribution < 1.29 is 13.2 Å². The van der Waals surface area contributed by atoms with Crippen LogP contribution < -0.4 is 5.32 Å². The minimum absolute atomic E-state index is 0.0125. The average Bonchev–Trinajstić information content (AvgIpc) is 3.11. The van der Waals surface area contributed by atoms with Crippen molar-refractivity contribution in [2.75, 3.05) is 24.6 Å². The maximum atomic E-state index is 12.6. The van der Waals surface area contributed by atoms with Gasteiger partial charge < -0.3 is 10.2 Å². The van der Waals surface area contributed by atoms with E-state index in [-0.39, 0.29) is 24.1 Å². The number of aromatic nitrogens is 3. The van der Waals surface area contributed by atoms with Gasteiger partial charge in [-0.2, -0.15) is 5.10 Å². The molecule has 1 saturated heterocycles. The van der Waals surface area contributed by atoms with Gasteiger partial charge in [0.15, 0.2) is 9.84 Å². The van der Waals surface area contributed by atoms with Gasteiger partial charge in [0.1, 0.15) is 0 Å². The maximum absolute atomic E-state index is 12.6. The fraction of sp³-hybridized carbons (Fsp3) is 0.471. The van der Waals surface area contributed by atoms with Gasteiger partial charge in [0.2, 0.25) is 0 Å². The van der Waals surface area contributed by atoms with Crippen LogP contribution >= 0.6 is 0 Å². The number of nitrogens with zero attached hydrogens (tertiary/aromatic N) is 4. The molecule has 1 N–H and O–H groups in total. The van der Waals surface area contributed by atoms with Crippen LogP contribution in [-0.4, -0.2) is 58.7 Å². The topological polar surface area (TPSA) is 97.2 Å². The van der Waals surface area contributed by atoms with Gasteiger partial charge in [-0.25, -0.2) is 13.2 Å².